The Morgan fingerprint density at radius 3 is 2.08 bits per heavy atom. The fourth-order valence-electron chi connectivity index (χ4n) is 4.25. The first-order chi connectivity index (χ1) is 12.7. The van der Waals surface area contributed by atoms with Crippen LogP contribution in [0.15, 0.2) is 54.6 Å². The van der Waals surface area contributed by atoms with Gasteiger partial charge in [-0.05, 0) is 0 Å². The van der Waals surface area contributed by atoms with Crippen molar-refractivity contribution < 1.29 is 0 Å². The summed E-state index contributed by atoms with van der Waals surface area (Å²) in [6.45, 7) is 4.41. The average Bonchev–Trinajstić information content (AvgIpc) is 2.65. The van der Waals surface area contributed by atoms with Gasteiger partial charge in [0, 0.05) is 0 Å². The van der Waals surface area contributed by atoms with Crippen LogP contribution in [0.4, 0.5) is 17.1 Å². The Morgan fingerprint density at radius 1 is 0.731 bits per heavy atom. The van der Waals surface area contributed by atoms with Gasteiger partial charge in [0.15, 0.2) is 0 Å². The summed E-state index contributed by atoms with van der Waals surface area (Å²) in [7, 11) is 0. The molecule has 0 unspecified atom stereocenters. The monoisotopic (exact) mass is 405 g/mol. The molecule has 0 spiro atoms. The Bertz CT molecular complexity index is 954. The van der Waals surface area contributed by atoms with E-state index in [1.54, 1.807) is 11.1 Å². The molecule has 1 heterocycles. The molecule has 2 heteroatoms. The Balaban J connectivity index is 1.77. The summed E-state index contributed by atoms with van der Waals surface area (Å²) in [6, 6.07) is 20.9. The molecule has 5 rings (SSSR count). The van der Waals surface area contributed by atoms with Crippen LogP contribution in [-0.2, 0) is 12.8 Å². The van der Waals surface area contributed by atoms with Gasteiger partial charge in [0.25, 0.3) is 0 Å². The van der Waals surface area contributed by atoms with Gasteiger partial charge in [-0.2, -0.15) is 0 Å². The molecule has 1 nitrogen and oxygen atoms in total. The second-order valence-electron chi connectivity index (χ2n) is 7.50. The van der Waals surface area contributed by atoms with Crippen LogP contribution in [0.25, 0.3) is 0 Å². The molecule has 0 fully saturated rings. The van der Waals surface area contributed by atoms with Crippen molar-refractivity contribution in [3.05, 3.63) is 76.9 Å². The molecule has 2 aliphatic rings. The van der Waals surface area contributed by atoms with Crippen LogP contribution in [0, 0.1) is 13.8 Å². The minimum atomic E-state index is 0.369. The van der Waals surface area contributed by atoms with Crippen molar-refractivity contribution in [3.8, 4) is 0 Å². The topological polar surface area (TPSA) is 3.24 Å². The molecule has 0 aromatic heterocycles. The van der Waals surface area contributed by atoms with E-state index in [-0.39, 0.29) is 0 Å². The number of aryl methyl sites for hydroxylation is 3. The summed E-state index contributed by atoms with van der Waals surface area (Å²) < 4.78 is 3.01. The van der Waals surface area contributed by atoms with E-state index in [4.69, 9.17) is 0 Å². The standard InChI is InChI=1S/C24H23NSe/c1-16-10-12-21-23(14-16)26-24-15-17(2)11-13-22(24)25(21)20-9-5-7-18-6-3-4-8-19(18)20/h5,7,9-15H,3-4,6,8H2,1-2H3. The van der Waals surface area contributed by atoms with Crippen molar-refractivity contribution in [2.24, 2.45) is 0 Å². The van der Waals surface area contributed by atoms with E-state index in [0.29, 0.717) is 15.0 Å². The van der Waals surface area contributed by atoms with E-state index in [9.17, 15) is 0 Å². The summed E-state index contributed by atoms with van der Waals surface area (Å²) >= 11 is 0.369. The summed E-state index contributed by atoms with van der Waals surface area (Å²) in [4.78, 5) is 2.54. The quantitative estimate of drug-likeness (QED) is 0.419. The van der Waals surface area contributed by atoms with Crippen LogP contribution in [0.5, 0.6) is 0 Å². The number of fused-ring (bicyclic) bond motifs is 3. The molecule has 0 saturated heterocycles. The van der Waals surface area contributed by atoms with Crippen LogP contribution in [0.1, 0.15) is 35.1 Å². The average molecular weight is 404 g/mol. The zero-order chi connectivity index (χ0) is 17.7. The molecule has 0 atom stereocenters. The van der Waals surface area contributed by atoms with Gasteiger partial charge < -0.3 is 0 Å². The van der Waals surface area contributed by atoms with Crippen LogP contribution < -0.4 is 13.8 Å². The molecule has 3 aromatic carbocycles. The van der Waals surface area contributed by atoms with E-state index in [0.717, 1.165) is 0 Å². The Labute approximate surface area is 162 Å². The molecule has 1 aliphatic heterocycles. The van der Waals surface area contributed by atoms with E-state index < -0.39 is 0 Å². The maximum absolute atomic E-state index is 2.54. The van der Waals surface area contributed by atoms with Gasteiger partial charge in [0.2, 0.25) is 0 Å². The Hall–Kier alpha value is -2.02. The third-order valence-corrected chi connectivity index (χ3v) is 7.84. The fourth-order valence-corrected chi connectivity index (χ4v) is 6.89. The first-order valence-corrected chi connectivity index (χ1v) is 11.2. The first-order valence-electron chi connectivity index (χ1n) is 9.51. The molecule has 26 heavy (non-hydrogen) atoms. The number of hydrogen-bond acceptors (Lipinski definition) is 1. The second kappa shape index (κ2) is 6.30. The fraction of sp³-hybridized carbons (Fsp3) is 0.250. The summed E-state index contributed by atoms with van der Waals surface area (Å²) in [5, 5.41) is 0. The van der Waals surface area contributed by atoms with Crippen molar-refractivity contribution in [1.29, 1.82) is 0 Å². The molecule has 0 amide bonds. The number of hydrogen-bond donors (Lipinski definition) is 0. The van der Waals surface area contributed by atoms with Crippen molar-refractivity contribution in [2.45, 2.75) is 39.5 Å². The van der Waals surface area contributed by atoms with Crippen molar-refractivity contribution in [3.63, 3.8) is 0 Å². The zero-order valence-electron chi connectivity index (χ0n) is 15.4. The van der Waals surface area contributed by atoms with Crippen molar-refractivity contribution in [1.82, 2.24) is 0 Å². The number of nitrogens with zero attached hydrogens (tertiary/aromatic N) is 1. The molecule has 130 valence electrons. The first kappa shape index (κ1) is 16.2. The van der Waals surface area contributed by atoms with Crippen molar-refractivity contribution >= 4 is 40.9 Å². The van der Waals surface area contributed by atoms with E-state index >= 15 is 0 Å². The van der Waals surface area contributed by atoms with Crippen LogP contribution in [0.3, 0.4) is 0 Å². The van der Waals surface area contributed by atoms with Crippen LogP contribution in [-0.4, -0.2) is 15.0 Å². The molecule has 0 radical (unpaired) electrons. The van der Waals surface area contributed by atoms with E-state index in [1.807, 2.05) is 0 Å². The number of rotatable bonds is 1. The third kappa shape index (κ3) is 2.60. The van der Waals surface area contributed by atoms with Gasteiger partial charge in [-0.1, -0.05) is 0 Å². The Kier molecular flexibility index (Phi) is 3.92. The van der Waals surface area contributed by atoms with Gasteiger partial charge in [-0.15, -0.1) is 0 Å². The van der Waals surface area contributed by atoms with Crippen LogP contribution >= 0.6 is 0 Å². The number of anilines is 3. The van der Waals surface area contributed by atoms with E-state index in [2.05, 4.69) is 73.3 Å². The SMILES string of the molecule is Cc1ccc2c(c1)[Se]c1cc(C)ccc1N2c1cccc2c1CCCC2. The molecular formula is C24H23NSe. The zero-order valence-corrected chi connectivity index (χ0v) is 17.1. The predicted molar refractivity (Wildman–Crippen MR) is 112 cm³/mol. The Morgan fingerprint density at radius 2 is 1.38 bits per heavy atom. The van der Waals surface area contributed by atoms with Gasteiger partial charge in [-0.25, -0.2) is 0 Å². The van der Waals surface area contributed by atoms with Crippen LogP contribution in [0.2, 0.25) is 0 Å². The number of benzene rings is 3. The molecular weight excluding hydrogens is 381 g/mol. The third-order valence-electron chi connectivity index (χ3n) is 5.54. The van der Waals surface area contributed by atoms with Gasteiger partial charge in [-0.3, -0.25) is 0 Å². The summed E-state index contributed by atoms with van der Waals surface area (Å²) in [5.74, 6) is 0. The van der Waals surface area contributed by atoms with Crippen molar-refractivity contribution in [2.75, 3.05) is 4.90 Å². The summed E-state index contributed by atoms with van der Waals surface area (Å²) in [6.07, 6.45) is 5.06. The van der Waals surface area contributed by atoms with Gasteiger partial charge in [0.1, 0.15) is 0 Å². The predicted octanol–water partition coefficient (Wildman–Crippen LogP) is 4.62. The molecule has 1 aliphatic carbocycles. The molecule has 3 aromatic rings. The van der Waals surface area contributed by atoms with Gasteiger partial charge >= 0.3 is 162 Å². The van der Waals surface area contributed by atoms with E-state index in [1.165, 1.54) is 62.8 Å². The molecule has 0 bridgehead atoms. The molecule has 0 saturated carbocycles. The second-order valence-corrected chi connectivity index (χ2v) is 9.78. The molecule has 0 N–H and O–H groups in total. The van der Waals surface area contributed by atoms with Gasteiger partial charge in [0.05, 0.1) is 0 Å². The summed E-state index contributed by atoms with van der Waals surface area (Å²) in [5.41, 5.74) is 9.98. The minimum absolute atomic E-state index is 0.369. The normalized spacial score (nSPS) is 15.2. The maximum atomic E-state index is 2.54.